The molecule has 0 aliphatic rings. The van der Waals surface area contributed by atoms with Crippen molar-refractivity contribution in [2.24, 2.45) is 0 Å². The molecule has 0 aliphatic heterocycles. The van der Waals surface area contributed by atoms with E-state index in [1.54, 1.807) is 6.92 Å². The summed E-state index contributed by atoms with van der Waals surface area (Å²) >= 11 is 6.89. The van der Waals surface area contributed by atoms with Crippen molar-refractivity contribution in [3.8, 4) is 0 Å². The number of oxazole rings is 1. The number of halogens is 1. The van der Waals surface area contributed by atoms with Crippen LogP contribution >= 0.6 is 23.4 Å². The minimum Gasteiger partial charge on any atom is -0.478 e. The lowest BCUT2D eigenvalue weighted by atomic mass is 10.3. The molecule has 0 spiro atoms. The molecule has 0 radical (unpaired) electrons. The van der Waals surface area contributed by atoms with Crippen molar-refractivity contribution < 1.29 is 14.3 Å². The maximum atomic E-state index is 10.9. The van der Waals surface area contributed by atoms with E-state index in [1.807, 2.05) is 6.92 Å². The Labute approximate surface area is 112 Å². The van der Waals surface area contributed by atoms with Gasteiger partial charge in [-0.15, -0.1) is 0 Å². The van der Waals surface area contributed by atoms with Gasteiger partial charge in [-0.3, -0.25) is 0 Å². The topological polar surface area (TPSA) is 76.2 Å². The Morgan fingerprint density at radius 3 is 2.67 bits per heavy atom. The quantitative estimate of drug-likeness (QED) is 0.872. The Morgan fingerprint density at radius 1 is 1.39 bits per heavy atom. The fourth-order valence-corrected chi connectivity index (χ4v) is 2.34. The van der Waals surface area contributed by atoms with E-state index in [9.17, 15) is 4.79 Å². The number of carboxylic acid groups (broad SMARTS) is 1. The number of carbonyl (C=O) groups is 1. The summed E-state index contributed by atoms with van der Waals surface area (Å²) in [6, 6.07) is 2.72. The largest absolute Gasteiger partial charge is 0.478 e. The van der Waals surface area contributed by atoms with E-state index in [1.165, 1.54) is 12.1 Å². The molecule has 0 aromatic carbocycles. The maximum Gasteiger partial charge on any atom is 0.335 e. The molecule has 2 aromatic rings. The molecule has 0 saturated carbocycles. The van der Waals surface area contributed by atoms with Crippen molar-refractivity contribution in [2.75, 3.05) is 0 Å². The van der Waals surface area contributed by atoms with Crippen LogP contribution in [0.5, 0.6) is 0 Å². The van der Waals surface area contributed by atoms with Gasteiger partial charge < -0.3 is 9.52 Å². The van der Waals surface area contributed by atoms with Crippen LogP contribution in [0.1, 0.15) is 21.8 Å². The summed E-state index contributed by atoms with van der Waals surface area (Å²) in [5, 5.41) is 9.88. The van der Waals surface area contributed by atoms with E-state index in [2.05, 4.69) is 9.97 Å². The van der Waals surface area contributed by atoms with E-state index in [-0.39, 0.29) is 10.7 Å². The van der Waals surface area contributed by atoms with E-state index < -0.39 is 5.97 Å². The molecule has 0 fully saturated rings. The maximum absolute atomic E-state index is 10.9. The molecule has 0 amide bonds. The number of hydrogen-bond acceptors (Lipinski definition) is 5. The molecule has 7 heteroatoms. The molecule has 2 heterocycles. The van der Waals surface area contributed by atoms with Gasteiger partial charge in [0.2, 0.25) is 0 Å². The third kappa shape index (κ3) is 2.83. The first-order chi connectivity index (χ1) is 8.45. The normalized spacial score (nSPS) is 10.6. The van der Waals surface area contributed by atoms with E-state index in [0.717, 1.165) is 23.2 Å². The van der Waals surface area contributed by atoms with Crippen LogP contribution in [-0.4, -0.2) is 21.0 Å². The lowest BCUT2D eigenvalue weighted by Gasteiger charge is -2.00. The third-order valence-corrected chi connectivity index (χ3v) is 3.18. The summed E-state index contributed by atoms with van der Waals surface area (Å²) in [5.74, 6) is -0.334. The fraction of sp³-hybridized carbons (Fsp3) is 0.182. The van der Waals surface area contributed by atoms with Gasteiger partial charge in [0.1, 0.15) is 15.9 Å². The molecule has 0 atom stereocenters. The van der Waals surface area contributed by atoms with Crippen molar-refractivity contribution in [3.63, 3.8) is 0 Å². The monoisotopic (exact) mass is 284 g/mol. The third-order valence-electron chi connectivity index (χ3n) is 2.22. The summed E-state index contributed by atoms with van der Waals surface area (Å²) in [6.07, 6.45) is 0. The van der Waals surface area contributed by atoms with Crippen LogP contribution in [0, 0.1) is 13.8 Å². The van der Waals surface area contributed by atoms with Crippen LogP contribution in [0.25, 0.3) is 0 Å². The van der Waals surface area contributed by atoms with Gasteiger partial charge in [0.15, 0.2) is 0 Å². The van der Waals surface area contributed by atoms with Crippen molar-refractivity contribution in [1.29, 1.82) is 0 Å². The number of carboxylic acids is 1. The van der Waals surface area contributed by atoms with Crippen LogP contribution < -0.4 is 0 Å². The molecule has 0 saturated heterocycles. The Kier molecular flexibility index (Phi) is 3.58. The van der Waals surface area contributed by atoms with Crippen molar-refractivity contribution in [2.45, 2.75) is 24.1 Å². The number of rotatable bonds is 3. The molecule has 94 valence electrons. The summed E-state index contributed by atoms with van der Waals surface area (Å²) in [5.41, 5.74) is 0.871. The predicted octanol–water partition coefficient (Wildman–Crippen LogP) is 3.19. The summed E-state index contributed by atoms with van der Waals surface area (Å²) in [4.78, 5) is 19.1. The molecule has 0 bridgehead atoms. The average molecular weight is 285 g/mol. The summed E-state index contributed by atoms with van der Waals surface area (Å²) < 4.78 is 5.38. The smallest absolute Gasteiger partial charge is 0.335 e. The first-order valence-electron chi connectivity index (χ1n) is 4.98. The van der Waals surface area contributed by atoms with Gasteiger partial charge in [0.25, 0.3) is 5.22 Å². The lowest BCUT2D eigenvalue weighted by Crippen LogP contribution is -1.97. The second-order valence-corrected chi connectivity index (χ2v) is 4.90. The minimum atomic E-state index is -1.05. The minimum absolute atomic E-state index is 0.0810. The zero-order valence-corrected chi connectivity index (χ0v) is 11.2. The second-order valence-electron chi connectivity index (χ2n) is 3.55. The number of aromatic carboxylic acids is 1. The number of hydrogen-bond donors (Lipinski definition) is 1. The first kappa shape index (κ1) is 12.9. The van der Waals surface area contributed by atoms with E-state index in [4.69, 9.17) is 21.1 Å². The summed E-state index contributed by atoms with van der Waals surface area (Å²) in [7, 11) is 0. The average Bonchev–Trinajstić information content (AvgIpc) is 2.56. The lowest BCUT2D eigenvalue weighted by molar-refractivity contribution is 0.0696. The van der Waals surface area contributed by atoms with Crippen LogP contribution in [0.2, 0.25) is 5.15 Å². The van der Waals surface area contributed by atoms with Gasteiger partial charge in [-0.1, -0.05) is 11.6 Å². The molecule has 0 unspecified atom stereocenters. The highest BCUT2D eigenvalue weighted by Gasteiger charge is 2.12. The Bertz CT molecular complexity index is 593. The zero-order valence-electron chi connectivity index (χ0n) is 9.60. The predicted molar refractivity (Wildman–Crippen MR) is 66.3 cm³/mol. The highest BCUT2D eigenvalue weighted by atomic mass is 35.5. The highest BCUT2D eigenvalue weighted by Crippen LogP contribution is 2.28. The van der Waals surface area contributed by atoms with Crippen LogP contribution in [-0.2, 0) is 0 Å². The highest BCUT2D eigenvalue weighted by molar-refractivity contribution is 7.99. The van der Waals surface area contributed by atoms with Crippen LogP contribution in [0.15, 0.2) is 26.8 Å². The molecule has 0 aliphatic carbocycles. The number of aromatic nitrogens is 2. The van der Waals surface area contributed by atoms with Crippen molar-refractivity contribution in [3.05, 3.63) is 34.3 Å². The SMILES string of the molecule is Cc1nc(Sc2cc(C(=O)O)cc(Cl)n2)oc1C. The number of nitrogens with zero attached hydrogens (tertiary/aromatic N) is 2. The summed E-state index contributed by atoms with van der Waals surface area (Å²) in [6.45, 7) is 3.64. The zero-order chi connectivity index (χ0) is 13.3. The van der Waals surface area contributed by atoms with Crippen LogP contribution in [0.3, 0.4) is 0 Å². The molecule has 2 aromatic heterocycles. The van der Waals surface area contributed by atoms with Crippen molar-refractivity contribution in [1.82, 2.24) is 9.97 Å². The number of pyridine rings is 1. The van der Waals surface area contributed by atoms with Gasteiger partial charge in [-0.05, 0) is 37.7 Å². The van der Waals surface area contributed by atoms with Crippen LogP contribution in [0.4, 0.5) is 0 Å². The first-order valence-corrected chi connectivity index (χ1v) is 6.18. The van der Waals surface area contributed by atoms with Gasteiger partial charge >= 0.3 is 5.97 Å². The fourth-order valence-electron chi connectivity index (χ4n) is 1.22. The van der Waals surface area contributed by atoms with Crippen molar-refractivity contribution >= 4 is 29.3 Å². The van der Waals surface area contributed by atoms with Gasteiger partial charge in [0.05, 0.1) is 11.3 Å². The number of aryl methyl sites for hydroxylation is 2. The molecular formula is C11H9ClN2O3S. The molecule has 1 N–H and O–H groups in total. The second kappa shape index (κ2) is 4.99. The molecular weight excluding hydrogens is 276 g/mol. The molecule has 2 rings (SSSR count). The Hall–Kier alpha value is -1.53. The molecule has 5 nitrogen and oxygen atoms in total. The Morgan fingerprint density at radius 2 is 2.11 bits per heavy atom. The Balaban J connectivity index is 2.31. The van der Waals surface area contributed by atoms with Gasteiger partial charge in [-0.25, -0.2) is 14.8 Å². The van der Waals surface area contributed by atoms with Gasteiger partial charge in [0, 0.05) is 0 Å². The standard InChI is InChI=1S/C11H9ClN2O3S/c1-5-6(2)17-11(13-5)18-9-4-7(10(15)16)3-8(12)14-9/h3-4H,1-2H3,(H,15,16). The van der Waals surface area contributed by atoms with E-state index in [0.29, 0.717) is 10.2 Å². The van der Waals surface area contributed by atoms with Gasteiger partial charge in [-0.2, -0.15) is 0 Å². The molecule has 18 heavy (non-hydrogen) atoms. The van der Waals surface area contributed by atoms with E-state index >= 15 is 0 Å².